The molecule has 4 rings (SSSR count). The number of carbonyl (C=O) groups excluding carboxylic acids is 2. The van der Waals surface area contributed by atoms with Crippen LogP contribution in [-0.2, 0) is 9.59 Å². The summed E-state index contributed by atoms with van der Waals surface area (Å²) in [6.45, 7) is 14.1. The molecule has 0 atom stereocenters. The molecule has 0 unspecified atom stereocenters. The van der Waals surface area contributed by atoms with Crippen molar-refractivity contribution >= 4 is 45.9 Å². The summed E-state index contributed by atoms with van der Waals surface area (Å²) in [6.07, 6.45) is 38.1. The summed E-state index contributed by atoms with van der Waals surface area (Å²) in [4.78, 5) is 42.0. The van der Waals surface area contributed by atoms with Crippen LogP contribution in [0.2, 0.25) is 0 Å². The number of nitrogens with zero attached hydrogens (tertiary/aromatic N) is 4. The van der Waals surface area contributed by atoms with E-state index in [0.717, 1.165) is 51.4 Å². The number of rotatable bonds is 40. The van der Waals surface area contributed by atoms with E-state index in [2.05, 4.69) is 27.7 Å². The van der Waals surface area contributed by atoms with Crippen LogP contribution in [0.1, 0.15) is 247 Å². The molecule has 68 heavy (non-hydrogen) atoms. The van der Waals surface area contributed by atoms with E-state index in [4.69, 9.17) is 28.9 Å². The number of aromatic nitrogens is 2. The van der Waals surface area contributed by atoms with E-state index in [-0.39, 0.29) is 23.5 Å². The molecule has 2 heterocycles. The van der Waals surface area contributed by atoms with Gasteiger partial charge in [-0.05, 0) is 49.9 Å². The first-order valence-electron chi connectivity index (χ1n) is 28.0. The molecule has 0 saturated carbocycles. The highest BCUT2D eigenvalue weighted by Gasteiger charge is 2.41. The third-order valence-corrected chi connectivity index (χ3v) is 13.3. The first kappa shape index (κ1) is 56.5. The zero-order chi connectivity index (χ0) is 48.6. The molecule has 1 aromatic heterocycles. The minimum Gasteiger partial charge on any atom is -0.491 e. The minimum absolute atomic E-state index is 0.252. The van der Waals surface area contributed by atoms with Crippen LogP contribution >= 0.6 is 0 Å². The highest BCUT2D eigenvalue weighted by molar-refractivity contribution is 6.17. The molecule has 3 aromatic rings. The van der Waals surface area contributed by atoms with Crippen LogP contribution in [0.25, 0.3) is 11.0 Å². The van der Waals surface area contributed by atoms with E-state index in [9.17, 15) is 9.59 Å². The zero-order valence-electron chi connectivity index (χ0n) is 44.0. The summed E-state index contributed by atoms with van der Waals surface area (Å²) in [5, 5.41) is 0. The summed E-state index contributed by atoms with van der Waals surface area (Å²) in [5.74, 6) is 2.12. The van der Waals surface area contributed by atoms with E-state index in [1.807, 2.05) is 24.3 Å². The second-order valence-electron chi connectivity index (χ2n) is 19.4. The van der Waals surface area contributed by atoms with Crippen molar-refractivity contribution in [1.29, 1.82) is 0 Å². The number of hydrogen-bond acceptors (Lipinski definition) is 8. The fraction of sp³-hybridized carbons (Fsp3) is 0.724. The molecule has 0 N–H and O–H groups in total. The number of hydrogen-bond donors (Lipinski definition) is 0. The van der Waals surface area contributed by atoms with Crippen molar-refractivity contribution in [1.82, 2.24) is 9.97 Å². The smallest absolute Gasteiger partial charge is 0.229 e. The minimum atomic E-state index is -0.273. The van der Waals surface area contributed by atoms with E-state index in [0.29, 0.717) is 71.8 Å². The number of amides is 2. The molecule has 2 aromatic carbocycles. The molecular weight excluding hydrogens is 849 g/mol. The quantitative estimate of drug-likeness (QED) is 0.0519. The molecule has 0 aliphatic carbocycles. The Kier molecular flexibility index (Phi) is 28.5. The normalized spacial score (nSPS) is 12.1. The molecule has 1 aliphatic heterocycles. The monoisotopic (exact) mass is 943 g/mol. The van der Waals surface area contributed by atoms with Gasteiger partial charge in [-0.2, -0.15) is 0 Å². The van der Waals surface area contributed by atoms with E-state index in [1.165, 1.54) is 168 Å². The van der Waals surface area contributed by atoms with E-state index < -0.39 is 0 Å². The van der Waals surface area contributed by atoms with Gasteiger partial charge in [-0.15, -0.1) is 0 Å². The van der Waals surface area contributed by atoms with Crippen molar-refractivity contribution in [3.63, 3.8) is 0 Å². The molecular formula is C58H94N4O6. The number of unbranched alkanes of at least 4 members (excludes halogenated alkanes) is 28. The van der Waals surface area contributed by atoms with Crippen LogP contribution in [0.4, 0.5) is 23.0 Å². The number of benzene rings is 2. The first-order valence-corrected chi connectivity index (χ1v) is 28.0. The lowest BCUT2D eigenvalue weighted by Gasteiger charge is -2.37. The Morgan fingerprint density at radius 3 is 0.824 bits per heavy atom. The van der Waals surface area contributed by atoms with Gasteiger partial charge in [0.05, 0.1) is 26.4 Å². The van der Waals surface area contributed by atoms with Gasteiger partial charge in [-0.25, -0.2) is 9.97 Å². The number of fused-ring (bicyclic) bond motifs is 3. The Morgan fingerprint density at radius 2 is 0.574 bits per heavy atom. The Morgan fingerprint density at radius 1 is 0.353 bits per heavy atom. The van der Waals surface area contributed by atoms with Crippen molar-refractivity contribution in [2.75, 3.05) is 36.2 Å². The zero-order valence-corrected chi connectivity index (χ0v) is 44.0. The van der Waals surface area contributed by atoms with Crippen molar-refractivity contribution in [3.05, 3.63) is 24.3 Å². The van der Waals surface area contributed by atoms with Crippen molar-refractivity contribution in [3.8, 4) is 23.0 Å². The van der Waals surface area contributed by atoms with Crippen LogP contribution in [-0.4, -0.2) is 48.2 Å². The second-order valence-corrected chi connectivity index (χ2v) is 19.4. The second kappa shape index (κ2) is 34.3. The fourth-order valence-electron chi connectivity index (χ4n) is 9.31. The lowest BCUT2D eigenvalue weighted by atomic mass is 10.1. The van der Waals surface area contributed by atoms with Gasteiger partial charge in [0.2, 0.25) is 11.8 Å². The molecule has 10 nitrogen and oxygen atoms in total. The van der Waals surface area contributed by atoms with Crippen molar-refractivity contribution < 1.29 is 28.5 Å². The molecule has 0 saturated heterocycles. The predicted octanol–water partition coefficient (Wildman–Crippen LogP) is 17.4. The van der Waals surface area contributed by atoms with Crippen LogP contribution in [0.3, 0.4) is 0 Å². The average molecular weight is 943 g/mol. The fourth-order valence-corrected chi connectivity index (χ4v) is 9.31. The Hall–Kier alpha value is -4.08. The molecule has 0 spiro atoms. The predicted molar refractivity (Wildman–Crippen MR) is 284 cm³/mol. The molecule has 0 fully saturated rings. The molecule has 382 valence electrons. The van der Waals surface area contributed by atoms with Gasteiger partial charge in [0.1, 0.15) is 45.4 Å². The Bertz CT molecular complexity index is 1740. The van der Waals surface area contributed by atoms with Gasteiger partial charge in [-0.1, -0.05) is 207 Å². The summed E-state index contributed by atoms with van der Waals surface area (Å²) < 4.78 is 26.2. The maximum Gasteiger partial charge on any atom is 0.229 e. The number of carbonyl (C=O) groups is 2. The topological polar surface area (TPSA) is 103 Å². The van der Waals surface area contributed by atoms with E-state index in [1.54, 1.807) is 9.80 Å². The molecule has 10 heteroatoms. The highest BCUT2D eigenvalue weighted by Crippen LogP contribution is 2.55. The van der Waals surface area contributed by atoms with E-state index >= 15 is 0 Å². The van der Waals surface area contributed by atoms with Gasteiger partial charge in [0, 0.05) is 13.8 Å². The van der Waals surface area contributed by atoms with Gasteiger partial charge in [-0.3, -0.25) is 19.4 Å². The largest absolute Gasteiger partial charge is 0.491 e. The van der Waals surface area contributed by atoms with Crippen molar-refractivity contribution in [2.45, 2.75) is 247 Å². The summed E-state index contributed by atoms with van der Waals surface area (Å²) in [7, 11) is 0. The third-order valence-electron chi connectivity index (χ3n) is 13.3. The lowest BCUT2D eigenvalue weighted by molar-refractivity contribution is -0.117. The van der Waals surface area contributed by atoms with Gasteiger partial charge >= 0.3 is 0 Å². The van der Waals surface area contributed by atoms with Crippen LogP contribution in [0.5, 0.6) is 23.0 Å². The van der Waals surface area contributed by atoms with Crippen LogP contribution in [0, 0.1) is 0 Å². The standard InChI is InChI=1S/C58H94N4O6/c1-7-11-15-19-23-27-31-35-43-65-49-39-40-50(66-44-36-32-28-24-20-16-12-8-2)54-53(49)59-57-58(60-54)62(48(6)64)56-52(68-46-38-34-30-26-22-18-14-10-4)42-41-51(55(56)61(57)47(5)63)67-45-37-33-29-25-21-17-13-9-3/h39-42H,7-38,43-46H2,1-6H3. The maximum atomic E-state index is 14.2. The number of ether oxygens (including phenoxy) is 4. The maximum absolute atomic E-state index is 14.2. The van der Waals surface area contributed by atoms with Crippen LogP contribution in [0.15, 0.2) is 24.3 Å². The SMILES string of the molecule is CCCCCCCCCCOc1ccc(OCCCCCCCCCC)c2c1N(C(C)=O)c1nc3c(OCCCCCCCCCC)ccc(OCCCCCCCCCC)c3nc1N2C(C)=O. The summed E-state index contributed by atoms with van der Waals surface area (Å²) in [6, 6.07) is 7.61. The van der Waals surface area contributed by atoms with Crippen molar-refractivity contribution in [2.24, 2.45) is 0 Å². The third kappa shape index (κ3) is 19.0. The highest BCUT2D eigenvalue weighted by atomic mass is 16.5. The molecule has 1 aliphatic rings. The molecule has 2 amide bonds. The Balaban J connectivity index is 1.69. The molecule has 0 radical (unpaired) electrons. The lowest BCUT2D eigenvalue weighted by Crippen LogP contribution is -2.37. The van der Waals surface area contributed by atoms with Gasteiger partial charge < -0.3 is 18.9 Å². The average Bonchev–Trinajstić information content (AvgIpc) is 3.33. The summed E-state index contributed by atoms with van der Waals surface area (Å²) in [5.41, 5.74) is 1.90. The summed E-state index contributed by atoms with van der Waals surface area (Å²) >= 11 is 0. The van der Waals surface area contributed by atoms with Gasteiger partial charge in [0.15, 0.2) is 11.6 Å². The van der Waals surface area contributed by atoms with Gasteiger partial charge in [0.25, 0.3) is 0 Å². The Labute approximate surface area is 413 Å². The molecule has 0 bridgehead atoms. The first-order chi connectivity index (χ1) is 33.4. The van der Waals surface area contributed by atoms with Crippen LogP contribution < -0.4 is 28.7 Å². The number of anilines is 4.